The van der Waals surface area contributed by atoms with Gasteiger partial charge in [0.25, 0.3) is 0 Å². The summed E-state index contributed by atoms with van der Waals surface area (Å²) in [5, 5.41) is 11.5. The average Bonchev–Trinajstić information content (AvgIpc) is 1.82. The van der Waals surface area contributed by atoms with Gasteiger partial charge in [0.05, 0.1) is 0 Å². The third kappa shape index (κ3) is 4.47. The maximum Gasteiger partial charge on any atom is 0.418 e. The first-order valence-electron chi connectivity index (χ1n) is 4.16. The highest BCUT2D eigenvalue weighted by atomic mass is 19.4. The highest BCUT2D eigenvalue weighted by Crippen LogP contribution is 2.29. The lowest BCUT2D eigenvalue weighted by Gasteiger charge is -2.26. The van der Waals surface area contributed by atoms with Gasteiger partial charge in [-0.25, -0.2) is 0 Å². The van der Waals surface area contributed by atoms with Crippen LogP contribution in [0.5, 0.6) is 0 Å². The first-order valence-corrected chi connectivity index (χ1v) is 4.16. The number of hydrogen-bond donors (Lipinski definition) is 2. The van der Waals surface area contributed by atoms with Gasteiger partial charge in [-0.15, -0.1) is 0 Å². The Bertz CT molecular complexity index is 154. The SMILES string of the molecule is CC(C)CNCC(C)(O)C(F)(F)F. The summed E-state index contributed by atoms with van der Waals surface area (Å²) >= 11 is 0. The van der Waals surface area contributed by atoms with Gasteiger partial charge in [-0.2, -0.15) is 13.2 Å². The predicted molar refractivity (Wildman–Crippen MR) is 44.4 cm³/mol. The van der Waals surface area contributed by atoms with Crippen LogP contribution in [0.2, 0.25) is 0 Å². The Morgan fingerprint density at radius 1 is 1.31 bits per heavy atom. The Balaban J connectivity index is 3.90. The quantitative estimate of drug-likeness (QED) is 0.720. The van der Waals surface area contributed by atoms with Crippen molar-refractivity contribution < 1.29 is 18.3 Å². The van der Waals surface area contributed by atoms with Crippen LogP contribution in [0, 0.1) is 5.92 Å². The molecule has 0 aromatic carbocycles. The molecule has 0 bridgehead atoms. The van der Waals surface area contributed by atoms with E-state index in [4.69, 9.17) is 5.11 Å². The first kappa shape index (κ1) is 12.7. The monoisotopic (exact) mass is 199 g/mol. The Morgan fingerprint density at radius 3 is 2.08 bits per heavy atom. The number of nitrogens with one attached hydrogen (secondary N) is 1. The van der Waals surface area contributed by atoms with E-state index in [1.807, 2.05) is 13.8 Å². The van der Waals surface area contributed by atoms with Gasteiger partial charge in [0.2, 0.25) is 0 Å². The molecule has 0 fully saturated rings. The summed E-state index contributed by atoms with van der Waals surface area (Å²) in [5.41, 5.74) is -2.64. The summed E-state index contributed by atoms with van der Waals surface area (Å²) in [4.78, 5) is 0. The molecule has 0 amide bonds. The topological polar surface area (TPSA) is 32.3 Å². The molecule has 0 spiro atoms. The van der Waals surface area contributed by atoms with Crippen molar-refractivity contribution in [1.29, 1.82) is 0 Å². The number of hydrogen-bond acceptors (Lipinski definition) is 2. The van der Waals surface area contributed by atoms with Crippen LogP contribution >= 0.6 is 0 Å². The summed E-state index contributed by atoms with van der Waals surface area (Å²) in [6.45, 7) is 4.53. The smallest absolute Gasteiger partial charge is 0.380 e. The summed E-state index contributed by atoms with van der Waals surface area (Å²) < 4.78 is 36.2. The van der Waals surface area contributed by atoms with Crippen LogP contribution in [0.1, 0.15) is 20.8 Å². The van der Waals surface area contributed by atoms with Crippen molar-refractivity contribution >= 4 is 0 Å². The molecule has 2 N–H and O–H groups in total. The molecule has 0 saturated carbocycles. The Hall–Kier alpha value is -0.290. The lowest BCUT2D eigenvalue weighted by molar-refractivity contribution is -0.250. The molecular weight excluding hydrogens is 183 g/mol. The molecule has 0 rings (SSSR count). The minimum absolute atomic E-state index is 0.268. The molecular formula is C8H16F3NO. The van der Waals surface area contributed by atoms with E-state index in [9.17, 15) is 13.2 Å². The number of halogens is 3. The van der Waals surface area contributed by atoms with E-state index >= 15 is 0 Å². The lowest BCUT2D eigenvalue weighted by atomic mass is 10.1. The number of alkyl halides is 3. The van der Waals surface area contributed by atoms with Crippen molar-refractivity contribution in [2.45, 2.75) is 32.5 Å². The molecule has 2 nitrogen and oxygen atoms in total. The summed E-state index contributed by atoms with van der Waals surface area (Å²) in [5.74, 6) is 0.268. The van der Waals surface area contributed by atoms with Crippen molar-refractivity contribution in [3.63, 3.8) is 0 Å². The second-order valence-electron chi connectivity index (χ2n) is 3.80. The maximum absolute atomic E-state index is 12.1. The lowest BCUT2D eigenvalue weighted by Crippen LogP contribution is -2.50. The van der Waals surface area contributed by atoms with Crippen LogP contribution in [0.25, 0.3) is 0 Å². The molecule has 13 heavy (non-hydrogen) atoms. The molecule has 80 valence electrons. The van der Waals surface area contributed by atoms with E-state index in [0.717, 1.165) is 6.92 Å². The minimum Gasteiger partial charge on any atom is -0.380 e. The van der Waals surface area contributed by atoms with Crippen molar-refractivity contribution in [3.8, 4) is 0 Å². The van der Waals surface area contributed by atoms with Gasteiger partial charge in [-0.3, -0.25) is 0 Å². The fourth-order valence-electron chi connectivity index (χ4n) is 0.704. The normalized spacial score (nSPS) is 17.5. The van der Waals surface area contributed by atoms with Crippen LogP contribution in [0.3, 0.4) is 0 Å². The molecule has 0 aromatic rings. The van der Waals surface area contributed by atoms with Crippen LogP contribution in [-0.2, 0) is 0 Å². The molecule has 0 aliphatic carbocycles. The van der Waals surface area contributed by atoms with Gasteiger partial charge in [0.15, 0.2) is 5.60 Å². The second kappa shape index (κ2) is 4.28. The van der Waals surface area contributed by atoms with Gasteiger partial charge < -0.3 is 10.4 Å². The predicted octanol–water partition coefficient (Wildman–Crippen LogP) is 1.55. The average molecular weight is 199 g/mol. The van der Waals surface area contributed by atoms with Crippen LogP contribution in [-0.4, -0.2) is 30.0 Å². The van der Waals surface area contributed by atoms with Crippen LogP contribution in [0.15, 0.2) is 0 Å². The zero-order valence-corrected chi connectivity index (χ0v) is 8.07. The van der Waals surface area contributed by atoms with Crippen LogP contribution in [0.4, 0.5) is 13.2 Å². The van der Waals surface area contributed by atoms with Crippen molar-refractivity contribution in [3.05, 3.63) is 0 Å². The van der Waals surface area contributed by atoms with Gasteiger partial charge >= 0.3 is 6.18 Å². The van der Waals surface area contributed by atoms with Crippen LogP contribution < -0.4 is 5.32 Å². The van der Waals surface area contributed by atoms with E-state index in [1.165, 1.54) is 0 Å². The summed E-state index contributed by atoms with van der Waals surface area (Å²) in [6, 6.07) is 0. The summed E-state index contributed by atoms with van der Waals surface area (Å²) in [7, 11) is 0. The van der Waals surface area contributed by atoms with Crippen molar-refractivity contribution in [2.75, 3.05) is 13.1 Å². The zero-order chi connectivity index (χ0) is 10.7. The second-order valence-corrected chi connectivity index (χ2v) is 3.80. The Kier molecular flexibility index (Phi) is 4.19. The fraction of sp³-hybridized carbons (Fsp3) is 1.00. The maximum atomic E-state index is 12.1. The third-order valence-corrected chi connectivity index (χ3v) is 1.63. The molecule has 0 saturated heterocycles. The van der Waals surface area contributed by atoms with E-state index in [0.29, 0.717) is 6.54 Å². The van der Waals surface area contributed by atoms with E-state index in [1.54, 1.807) is 0 Å². The molecule has 0 heterocycles. The first-order chi connectivity index (χ1) is 5.67. The molecule has 0 aromatic heterocycles. The summed E-state index contributed by atoms with van der Waals surface area (Å²) in [6.07, 6.45) is -4.57. The molecule has 1 unspecified atom stereocenters. The van der Waals surface area contributed by atoms with Gasteiger partial charge in [0, 0.05) is 6.54 Å². The minimum atomic E-state index is -4.57. The number of aliphatic hydroxyl groups is 1. The molecule has 1 atom stereocenters. The number of rotatable bonds is 4. The molecule has 0 radical (unpaired) electrons. The van der Waals surface area contributed by atoms with Gasteiger partial charge in [0.1, 0.15) is 0 Å². The highest BCUT2D eigenvalue weighted by molar-refractivity contribution is 4.83. The van der Waals surface area contributed by atoms with E-state index in [2.05, 4.69) is 5.32 Å². The molecule has 5 heteroatoms. The van der Waals surface area contributed by atoms with Gasteiger partial charge in [-0.05, 0) is 19.4 Å². The molecule has 0 aliphatic rings. The van der Waals surface area contributed by atoms with Crippen molar-refractivity contribution in [1.82, 2.24) is 5.32 Å². The highest BCUT2D eigenvalue weighted by Gasteiger charge is 2.49. The van der Waals surface area contributed by atoms with E-state index in [-0.39, 0.29) is 5.92 Å². The van der Waals surface area contributed by atoms with Gasteiger partial charge in [-0.1, -0.05) is 13.8 Å². The standard InChI is InChI=1S/C8H16F3NO/c1-6(2)4-12-5-7(3,13)8(9,10)11/h6,12-13H,4-5H2,1-3H3. The Morgan fingerprint density at radius 2 is 1.77 bits per heavy atom. The third-order valence-electron chi connectivity index (χ3n) is 1.63. The fourth-order valence-corrected chi connectivity index (χ4v) is 0.704. The molecule has 0 aliphatic heterocycles. The van der Waals surface area contributed by atoms with E-state index < -0.39 is 18.3 Å². The largest absolute Gasteiger partial charge is 0.418 e. The zero-order valence-electron chi connectivity index (χ0n) is 8.07. The van der Waals surface area contributed by atoms with Crippen molar-refractivity contribution in [2.24, 2.45) is 5.92 Å². The Labute approximate surface area is 76.1 Å².